The van der Waals surface area contributed by atoms with Crippen LogP contribution in [0.2, 0.25) is 0 Å². The highest BCUT2D eigenvalue weighted by Gasteiger charge is 2.19. The van der Waals surface area contributed by atoms with E-state index in [1.807, 2.05) is 112 Å². The number of nitrogens with zero attached hydrogens (tertiary/aromatic N) is 5. The van der Waals surface area contributed by atoms with Gasteiger partial charge in [-0.3, -0.25) is 19.9 Å². The molecule has 70 heavy (non-hydrogen) atoms. The van der Waals surface area contributed by atoms with Crippen LogP contribution in [-0.4, -0.2) is 24.5 Å². The average Bonchev–Trinajstić information content (AvgIpc) is 3.97. The smallest absolute Gasteiger partial charge is 0.0708 e. The van der Waals surface area contributed by atoms with Crippen molar-refractivity contribution in [3.05, 3.63) is 225 Å². The van der Waals surface area contributed by atoms with Gasteiger partial charge in [0.15, 0.2) is 0 Å². The maximum atomic E-state index is 4.72. The van der Waals surface area contributed by atoms with Crippen LogP contribution in [0.25, 0.3) is 104 Å². The third-order valence-electron chi connectivity index (χ3n) is 12.2. The summed E-state index contributed by atoms with van der Waals surface area (Å²) in [6.07, 6.45) is 10.4. The maximum Gasteiger partial charge on any atom is 0.0708 e. The topological polar surface area (TPSA) is 56.5 Å². The molecule has 0 aliphatic carbocycles. The third-order valence-corrected chi connectivity index (χ3v) is 13.3. The molecular formula is C64H57N5S. The first-order valence-electron chi connectivity index (χ1n) is 24.4. The Bertz CT molecular complexity index is 3500. The van der Waals surface area contributed by atoms with Gasteiger partial charge in [0.2, 0.25) is 0 Å². The Labute approximate surface area is 415 Å². The Hall–Kier alpha value is -8.06. The van der Waals surface area contributed by atoms with Crippen molar-refractivity contribution < 1.29 is 0 Å². The predicted molar refractivity (Wildman–Crippen MR) is 300 cm³/mol. The molecule has 5 nitrogen and oxygen atoms in total. The molecule has 0 fully saturated rings. The van der Waals surface area contributed by atoms with E-state index in [1.165, 1.54) is 42.2 Å². The van der Waals surface area contributed by atoms with Crippen molar-refractivity contribution in [2.24, 2.45) is 5.92 Å². The van der Waals surface area contributed by atoms with Gasteiger partial charge >= 0.3 is 0 Å². The summed E-state index contributed by atoms with van der Waals surface area (Å²) in [6.45, 7) is 12.4. The van der Waals surface area contributed by atoms with Gasteiger partial charge in [0.25, 0.3) is 0 Å². The SMILES string of the molecule is CC.CC.CC(C)Cc1ccccn1.c1ccc(-c2ccccc2-c2ccc3c(c2)c2cc(-c4ccccc4-c4ccccn4)ccc2n3-c2ccc3sc4ccc(-c5cccnc5)cc4c3c2)nc1. The highest BCUT2D eigenvalue weighted by Crippen LogP contribution is 2.42. The molecule has 12 aromatic rings. The summed E-state index contributed by atoms with van der Waals surface area (Å²) in [4.78, 5) is 18.0. The van der Waals surface area contributed by atoms with Gasteiger partial charge in [-0.15, -0.1) is 11.3 Å². The van der Waals surface area contributed by atoms with Crippen LogP contribution in [0, 0.1) is 5.92 Å². The van der Waals surface area contributed by atoms with Gasteiger partial charge in [-0.1, -0.05) is 133 Å². The molecule has 0 unspecified atom stereocenters. The Morgan fingerprint density at radius 1 is 0.414 bits per heavy atom. The minimum absolute atomic E-state index is 0.704. The molecule has 0 radical (unpaired) electrons. The van der Waals surface area contributed by atoms with Crippen molar-refractivity contribution in [2.75, 3.05) is 0 Å². The van der Waals surface area contributed by atoms with E-state index in [-0.39, 0.29) is 0 Å². The standard InChI is InChI=1S/C51H32N4S.C9H13N.2C2H6/c1-3-13-40(46-15-5-7-26-53-46)38(11-1)34-17-21-48-42(29-34)43-30-35(39-12-2-4-14-41(39)47-16-6-8-27-54-47)18-22-49(43)55(48)37-20-24-51-45(31-37)44-28-33(19-23-50(44)56-51)36-10-9-25-52-32-36;1-8(2)7-9-5-3-4-6-10-9;2*1-2/h1-32H;3-6,8H,7H2,1-2H3;2*1-2H3. The average molecular weight is 928 g/mol. The van der Waals surface area contributed by atoms with Crippen LogP contribution in [0.3, 0.4) is 0 Å². The zero-order chi connectivity index (χ0) is 48.4. The van der Waals surface area contributed by atoms with E-state index in [9.17, 15) is 0 Å². The van der Waals surface area contributed by atoms with Gasteiger partial charge < -0.3 is 4.57 Å². The highest BCUT2D eigenvalue weighted by atomic mass is 32.1. The fourth-order valence-corrected chi connectivity index (χ4v) is 10.2. The first-order valence-corrected chi connectivity index (χ1v) is 25.2. The Morgan fingerprint density at radius 3 is 1.43 bits per heavy atom. The lowest BCUT2D eigenvalue weighted by molar-refractivity contribution is 0.635. The summed E-state index contributed by atoms with van der Waals surface area (Å²) in [6, 6.07) is 67.0. The van der Waals surface area contributed by atoms with E-state index in [4.69, 9.17) is 9.97 Å². The second-order valence-corrected chi connectivity index (χ2v) is 18.1. The quantitative estimate of drug-likeness (QED) is 0.152. The van der Waals surface area contributed by atoms with E-state index < -0.39 is 0 Å². The molecule has 0 aliphatic rings. The monoisotopic (exact) mass is 927 g/mol. The molecule has 6 aromatic heterocycles. The summed E-state index contributed by atoms with van der Waals surface area (Å²) in [5.41, 5.74) is 15.7. The minimum Gasteiger partial charge on any atom is -0.309 e. The zero-order valence-corrected chi connectivity index (χ0v) is 41.5. The lowest BCUT2D eigenvalue weighted by Gasteiger charge is -2.11. The van der Waals surface area contributed by atoms with E-state index in [1.54, 1.807) is 0 Å². The normalized spacial score (nSPS) is 10.9. The molecule has 0 atom stereocenters. The van der Waals surface area contributed by atoms with Crippen LogP contribution in [0.1, 0.15) is 47.2 Å². The van der Waals surface area contributed by atoms with Gasteiger partial charge in [0.1, 0.15) is 0 Å². The van der Waals surface area contributed by atoms with Crippen molar-refractivity contribution >= 4 is 53.3 Å². The molecule has 0 saturated carbocycles. The van der Waals surface area contributed by atoms with Crippen LogP contribution in [0.15, 0.2) is 219 Å². The molecule has 0 amide bonds. The lowest BCUT2D eigenvalue weighted by Crippen LogP contribution is -1.95. The first kappa shape index (κ1) is 47.0. The predicted octanol–water partition coefficient (Wildman–Crippen LogP) is 18.0. The number of rotatable bonds is 8. The Balaban J connectivity index is 0.000000383. The summed E-state index contributed by atoms with van der Waals surface area (Å²) in [5, 5.41) is 4.90. The molecule has 0 N–H and O–H groups in total. The van der Waals surface area contributed by atoms with Gasteiger partial charge in [0.05, 0.1) is 22.4 Å². The number of hydrogen-bond donors (Lipinski definition) is 0. The number of pyridine rings is 4. The summed E-state index contributed by atoms with van der Waals surface area (Å²) in [5.74, 6) is 0.704. The lowest BCUT2D eigenvalue weighted by atomic mass is 9.94. The van der Waals surface area contributed by atoms with E-state index >= 15 is 0 Å². The molecule has 344 valence electrons. The molecule has 0 saturated heterocycles. The van der Waals surface area contributed by atoms with Crippen molar-refractivity contribution in [3.63, 3.8) is 0 Å². The van der Waals surface area contributed by atoms with E-state index in [0.29, 0.717) is 5.92 Å². The number of hydrogen-bond acceptors (Lipinski definition) is 5. The van der Waals surface area contributed by atoms with E-state index in [0.717, 1.165) is 73.5 Å². The highest BCUT2D eigenvalue weighted by molar-refractivity contribution is 7.25. The Morgan fingerprint density at radius 2 is 0.914 bits per heavy atom. The third kappa shape index (κ3) is 9.78. The van der Waals surface area contributed by atoms with Crippen LogP contribution in [0.5, 0.6) is 0 Å². The first-order chi connectivity index (χ1) is 34.6. The van der Waals surface area contributed by atoms with Crippen molar-refractivity contribution in [1.82, 2.24) is 24.5 Å². The number of benzene rings is 6. The van der Waals surface area contributed by atoms with Crippen LogP contribution >= 0.6 is 11.3 Å². The molecule has 0 aliphatic heterocycles. The van der Waals surface area contributed by atoms with Crippen LogP contribution in [0.4, 0.5) is 0 Å². The molecule has 6 heteroatoms. The number of aromatic nitrogens is 5. The van der Waals surface area contributed by atoms with Crippen molar-refractivity contribution in [3.8, 4) is 61.6 Å². The zero-order valence-electron chi connectivity index (χ0n) is 40.7. The largest absolute Gasteiger partial charge is 0.309 e. The number of fused-ring (bicyclic) bond motifs is 6. The van der Waals surface area contributed by atoms with Crippen molar-refractivity contribution in [2.45, 2.75) is 48.0 Å². The van der Waals surface area contributed by atoms with Crippen LogP contribution < -0.4 is 0 Å². The molecule has 6 aromatic carbocycles. The van der Waals surface area contributed by atoms with Gasteiger partial charge in [-0.25, -0.2) is 0 Å². The molecule has 0 bridgehead atoms. The van der Waals surface area contributed by atoms with Crippen molar-refractivity contribution in [1.29, 1.82) is 0 Å². The molecule has 6 heterocycles. The summed E-state index contributed by atoms with van der Waals surface area (Å²) >= 11 is 1.84. The minimum atomic E-state index is 0.704. The second-order valence-electron chi connectivity index (χ2n) is 17.0. The molecular weight excluding hydrogens is 871 g/mol. The Kier molecular flexibility index (Phi) is 14.7. The maximum absolute atomic E-state index is 4.72. The van der Waals surface area contributed by atoms with E-state index in [2.05, 4.69) is 174 Å². The number of thiophene rings is 1. The van der Waals surface area contributed by atoms with Gasteiger partial charge in [0, 0.05) is 90.0 Å². The second kappa shape index (κ2) is 21.9. The fraction of sp³-hybridized carbons (Fsp3) is 0.125. The van der Waals surface area contributed by atoms with Gasteiger partial charge in [-0.2, -0.15) is 0 Å². The summed E-state index contributed by atoms with van der Waals surface area (Å²) < 4.78 is 4.98. The molecule has 0 spiro atoms. The fourth-order valence-electron chi connectivity index (χ4n) is 9.15. The molecule has 12 rings (SSSR count). The summed E-state index contributed by atoms with van der Waals surface area (Å²) in [7, 11) is 0. The van der Waals surface area contributed by atoms with Crippen LogP contribution in [-0.2, 0) is 6.42 Å². The van der Waals surface area contributed by atoms with Gasteiger partial charge in [-0.05, 0) is 137 Å².